The van der Waals surface area contributed by atoms with E-state index in [4.69, 9.17) is 0 Å². The summed E-state index contributed by atoms with van der Waals surface area (Å²) in [6.45, 7) is 2.41. The molecule has 1 amide bonds. The number of carbonyl (C=O) groups is 1. The molecule has 8 heteroatoms. The van der Waals surface area contributed by atoms with Crippen LogP contribution in [0.1, 0.15) is 44.1 Å². The van der Waals surface area contributed by atoms with Crippen molar-refractivity contribution in [1.82, 2.24) is 14.9 Å². The fourth-order valence-electron chi connectivity index (χ4n) is 3.46. The zero-order valence-corrected chi connectivity index (χ0v) is 16.6. The molecule has 6 nitrogen and oxygen atoms in total. The van der Waals surface area contributed by atoms with Crippen LogP contribution in [0.5, 0.6) is 0 Å². The minimum absolute atomic E-state index is 0. The second-order valence-corrected chi connectivity index (χ2v) is 8.77. The second-order valence-electron chi connectivity index (χ2n) is 6.83. The molecule has 146 valence electrons. The molecule has 1 atom stereocenters. The van der Waals surface area contributed by atoms with Crippen molar-refractivity contribution in [3.05, 3.63) is 29.8 Å². The normalized spacial score (nSPS) is 21.6. The van der Waals surface area contributed by atoms with Gasteiger partial charge in [0.25, 0.3) is 0 Å². The topological polar surface area (TPSA) is 78.5 Å². The molecule has 1 unspecified atom stereocenters. The zero-order chi connectivity index (χ0) is 17.7. The van der Waals surface area contributed by atoms with Crippen LogP contribution in [0.15, 0.2) is 29.2 Å². The molecule has 2 fully saturated rings. The predicted octanol–water partition coefficient (Wildman–Crippen LogP) is 2.04. The molecule has 0 bridgehead atoms. The lowest BCUT2D eigenvalue weighted by atomic mass is 10.0. The van der Waals surface area contributed by atoms with Gasteiger partial charge in [0, 0.05) is 19.6 Å². The minimum atomic E-state index is -3.44. The number of halogens is 1. The van der Waals surface area contributed by atoms with Crippen molar-refractivity contribution < 1.29 is 13.2 Å². The van der Waals surface area contributed by atoms with Crippen molar-refractivity contribution >= 4 is 28.3 Å². The number of rotatable bonds is 5. The Labute approximate surface area is 162 Å². The number of carbonyl (C=O) groups excluding carboxylic acids is 1. The van der Waals surface area contributed by atoms with Gasteiger partial charge in [-0.05, 0) is 49.9 Å². The number of nitrogens with one attached hydrogen (secondary N) is 2. The Hall–Kier alpha value is -1.15. The van der Waals surface area contributed by atoms with Crippen molar-refractivity contribution in [2.24, 2.45) is 0 Å². The number of piperidine rings is 2. The summed E-state index contributed by atoms with van der Waals surface area (Å²) in [6, 6.07) is 6.78. The smallest absolute Gasteiger partial charge is 0.243 e. The molecule has 2 aliphatic heterocycles. The number of hydrogen-bond acceptors (Lipinski definition) is 4. The van der Waals surface area contributed by atoms with E-state index >= 15 is 0 Å². The summed E-state index contributed by atoms with van der Waals surface area (Å²) in [5.74, 6) is -0.0102. The molecule has 2 aliphatic rings. The van der Waals surface area contributed by atoms with Gasteiger partial charge in [-0.2, -0.15) is 4.31 Å². The van der Waals surface area contributed by atoms with E-state index in [1.54, 1.807) is 22.5 Å². The Morgan fingerprint density at radius 3 is 2.62 bits per heavy atom. The first-order chi connectivity index (χ1) is 12.1. The van der Waals surface area contributed by atoms with E-state index in [0.717, 1.165) is 50.6 Å². The van der Waals surface area contributed by atoms with Crippen molar-refractivity contribution in [2.75, 3.05) is 19.6 Å². The van der Waals surface area contributed by atoms with Gasteiger partial charge in [-0.3, -0.25) is 4.79 Å². The van der Waals surface area contributed by atoms with E-state index in [1.807, 2.05) is 6.07 Å². The molecule has 0 aromatic heterocycles. The summed E-state index contributed by atoms with van der Waals surface area (Å²) < 4.78 is 27.1. The lowest BCUT2D eigenvalue weighted by molar-refractivity contribution is -0.123. The zero-order valence-electron chi connectivity index (χ0n) is 14.9. The molecule has 2 heterocycles. The largest absolute Gasteiger partial charge is 0.351 e. The Morgan fingerprint density at radius 2 is 1.92 bits per heavy atom. The summed E-state index contributed by atoms with van der Waals surface area (Å²) in [6.07, 6.45) is 5.96. The maximum absolute atomic E-state index is 12.8. The molecule has 3 rings (SSSR count). The van der Waals surface area contributed by atoms with Gasteiger partial charge in [-0.1, -0.05) is 25.0 Å². The van der Waals surface area contributed by atoms with Crippen LogP contribution in [-0.2, 0) is 21.4 Å². The molecular weight excluding hydrogens is 374 g/mol. The Kier molecular flexibility index (Phi) is 7.88. The van der Waals surface area contributed by atoms with Crippen molar-refractivity contribution in [2.45, 2.75) is 56.0 Å². The maximum atomic E-state index is 12.8. The van der Waals surface area contributed by atoms with Crippen LogP contribution in [0.25, 0.3) is 0 Å². The Balaban J connectivity index is 0.00000243. The van der Waals surface area contributed by atoms with Crippen LogP contribution in [0.3, 0.4) is 0 Å². The van der Waals surface area contributed by atoms with Gasteiger partial charge >= 0.3 is 0 Å². The van der Waals surface area contributed by atoms with E-state index in [2.05, 4.69) is 10.6 Å². The average molecular weight is 402 g/mol. The lowest BCUT2D eigenvalue weighted by Gasteiger charge is -2.26. The summed E-state index contributed by atoms with van der Waals surface area (Å²) in [7, 11) is -3.44. The quantitative estimate of drug-likeness (QED) is 0.791. The third kappa shape index (κ3) is 5.19. The highest BCUT2D eigenvalue weighted by Crippen LogP contribution is 2.21. The lowest BCUT2D eigenvalue weighted by Crippen LogP contribution is -2.46. The van der Waals surface area contributed by atoms with Crippen molar-refractivity contribution in [1.29, 1.82) is 0 Å². The predicted molar refractivity (Wildman–Crippen MR) is 104 cm³/mol. The van der Waals surface area contributed by atoms with Crippen LogP contribution in [-0.4, -0.2) is 44.3 Å². The molecule has 1 aromatic rings. The molecule has 1 aromatic carbocycles. The van der Waals surface area contributed by atoms with E-state index in [-0.39, 0.29) is 24.4 Å². The van der Waals surface area contributed by atoms with Gasteiger partial charge in [0.05, 0.1) is 10.9 Å². The second kappa shape index (κ2) is 9.69. The summed E-state index contributed by atoms with van der Waals surface area (Å²) in [5, 5.41) is 6.14. The number of sulfonamides is 1. The molecule has 2 N–H and O–H groups in total. The number of hydrogen-bond donors (Lipinski definition) is 2. The summed E-state index contributed by atoms with van der Waals surface area (Å²) in [4.78, 5) is 12.5. The number of nitrogens with zero attached hydrogens (tertiary/aromatic N) is 1. The highest BCUT2D eigenvalue weighted by atomic mass is 35.5. The van der Waals surface area contributed by atoms with Crippen molar-refractivity contribution in [3.63, 3.8) is 0 Å². The van der Waals surface area contributed by atoms with E-state index < -0.39 is 10.0 Å². The van der Waals surface area contributed by atoms with Gasteiger partial charge in [0.15, 0.2) is 0 Å². The third-order valence-electron chi connectivity index (χ3n) is 4.94. The minimum Gasteiger partial charge on any atom is -0.351 e. The molecular formula is C18H28ClN3O3S. The monoisotopic (exact) mass is 401 g/mol. The van der Waals surface area contributed by atoms with Crippen LogP contribution in [0.4, 0.5) is 0 Å². The fourth-order valence-corrected chi connectivity index (χ4v) is 5.05. The van der Waals surface area contributed by atoms with E-state index in [0.29, 0.717) is 24.5 Å². The standard InChI is InChI=1S/C18H27N3O3S.ClH/c22-18(17-9-2-3-10-19-17)20-14-15-7-6-8-16(13-15)25(23,24)21-11-4-1-5-12-21;/h6-8,13,17,19H,1-5,9-12,14H2,(H,20,22);1H. The molecule has 0 aliphatic carbocycles. The van der Waals surface area contributed by atoms with E-state index in [1.165, 1.54) is 0 Å². The molecule has 2 saturated heterocycles. The van der Waals surface area contributed by atoms with Gasteiger partial charge in [-0.15, -0.1) is 12.4 Å². The first kappa shape index (κ1) is 21.2. The highest BCUT2D eigenvalue weighted by Gasteiger charge is 2.26. The molecule has 26 heavy (non-hydrogen) atoms. The fraction of sp³-hybridized carbons (Fsp3) is 0.611. The highest BCUT2D eigenvalue weighted by molar-refractivity contribution is 7.89. The Bertz CT molecular complexity index is 699. The molecule has 0 saturated carbocycles. The van der Waals surface area contributed by atoms with Gasteiger partial charge < -0.3 is 10.6 Å². The number of amides is 1. The Morgan fingerprint density at radius 1 is 1.15 bits per heavy atom. The van der Waals surface area contributed by atoms with Crippen LogP contribution in [0.2, 0.25) is 0 Å². The van der Waals surface area contributed by atoms with Gasteiger partial charge in [-0.25, -0.2) is 8.42 Å². The van der Waals surface area contributed by atoms with Crippen LogP contribution < -0.4 is 10.6 Å². The van der Waals surface area contributed by atoms with Gasteiger partial charge in [0.1, 0.15) is 0 Å². The van der Waals surface area contributed by atoms with Crippen molar-refractivity contribution in [3.8, 4) is 0 Å². The van der Waals surface area contributed by atoms with Crippen LogP contribution in [0, 0.1) is 0 Å². The van der Waals surface area contributed by atoms with E-state index in [9.17, 15) is 13.2 Å². The molecule has 0 spiro atoms. The first-order valence-corrected chi connectivity index (χ1v) is 10.6. The van der Waals surface area contributed by atoms with Gasteiger partial charge in [0.2, 0.25) is 15.9 Å². The average Bonchev–Trinajstić information content (AvgIpc) is 2.67. The maximum Gasteiger partial charge on any atom is 0.243 e. The third-order valence-corrected chi connectivity index (χ3v) is 6.84. The first-order valence-electron chi connectivity index (χ1n) is 9.17. The summed E-state index contributed by atoms with van der Waals surface area (Å²) >= 11 is 0. The SMILES string of the molecule is Cl.O=C(NCc1cccc(S(=O)(=O)N2CCCCC2)c1)C1CCCCN1. The van der Waals surface area contributed by atoms with Crippen LogP contribution >= 0.6 is 12.4 Å². The summed E-state index contributed by atoms with van der Waals surface area (Å²) in [5.41, 5.74) is 0.808. The molecule has 0 radical (unpaired) electrons. The number of benzene rings is 1.